The van der Waals surface area contributed by atoms with E-state index in [4.69, 9.17) is 0 Å². The molecule has 0 saturated heterocycles. The molecule has 0 heterocycles. The SMILES string of the molecule is [O]CC(=O)NCC[S]. The molecule has 0 unspecified atom stereocenters. The Kier molecular flexibility index (Phi) is 4.79. The van der Waals surface area contributed by atoms with E-state index in [1.807, 2.05) is 0 Å². The summed E-state index contributed by atoms with van der Waals surface area (Å²) in [6, 6.07) is 0. The van der Waals surface area contributed by atoms with Crippen LogP contribution in [0.2, 0.25) is 0 Å². The van der Waals surface area contributed by atoms with Gasteiger partial charge in [0.2, 0.25) is 5.91 Å². The molecule has 0 aromatic carbocycles. The van der Waals surface area contributed by atoms with Crippen molar-refractivity contribution in [2.45, 2.75) is 0 Å². The molecular weight excluding hydrogens is 126 g/mol. The number of hydrogen-bond donors (Lipinski definition) is 1. The first-order valence-corrected chi connectivity index (χ1v) is 2.82. The van der Waals surface area contributed by atoms with Crippen molar-refractivity contribution >= 4 is 18.5 Å². The lowest BCUT2D eigenvalue weighted by atomic mass is 10.6. The highest BCUT2D eigenvalue weighted by atomic mass is 32.1. The zero-order valence-corrected chi connectivity index (χ0v) is 5.16. The fourth-order valence-corrected chi connectivity index (χ4v) is 0.344. The van der Waals surface area contributed by atoms with Gasteiger partial charge in [0.05, 0.1) is 0 Å². The fourth-order valence-electron chi connectivity index (χ4n) is 0.241. The van der Waals surface area contributed by atoms with Gasteiger partial charge in [-0.15, -0.1) is 0 Å². The largest absolute Gasteiger partial charge is 0.353 e. The van der Waals surface area contributed by atoms with Crippen molar-refractivity contribution in [1.29, 1.82) is 0 Å². The summed E-state index contributed by atoms with van der Waals surface area (Å²) in [5, 5.41) is 12.0. The predicted molar refractivity (Wildman–Crippen MR) is 31.0 cm³/mol. The predicted octanol–water partition coefficient (Wildman–Crippen LogP) is -0.269. The van der Waals surface area contributed by atoms with E-state index in [1.165, 1.54) is 0 Å². The summed E-state index contributed by atoms with van der Waals surface area (Å²) in [6.07, 6.45) is 0. The minimum Gasteiger partial charge on any atom is -0.353 e. The maximum atomic E-state index is 10.1. The van der Waals surface area contributed by atoms with E-state index in [0.717, 1.165) is 0 Å². The molecule has 1 amide bonds. The van der Waals surface area contributed by atoms with Crippen LogP contribution in [0.5, 0.6) is 0 Å². The molecule has 0 bridgehead atoms. The molecule has 0 rings (SSSR count). The molecule has 0 aromatic rings. The van der Waals surface area contributed by atoms with Crippen molar-refractivity contribution in [3.63, 3.8) is 0 Å². The van der Waals surface area contributed by atoms with Gasteiger partial charge in [0.15, 0.2) is 6.61 Å². The second-order valence-corrected chi connectivity index (χ2v) is 1.61. The van der Waals surface area contributed by atoms with Crippen molar-refractivity contribution in [2.24, 2.45) is 0 Å². The first-order chi connectivity index (χ1) is 3.81. The maximum Gasteiger partial charge on any atom is 0.249 e. The molecule has 0 aliphatic rings. The van der Waals surface area contributed by atoms with Gasteiger partial charge in [-0.2, -0.15) is 0 Å². The van der Waals surface area contributed by atoms with Gasteiger partial charge < -0.3 is 5.32 Å². The molecule has 1 N–H and O–H groups in total. The highest BCUT2D eigenvalue weighted by molar-refractivity contribution is 7.80. The highest BCUT2D eigenvalue weighted by Crippen LogP contribution is 1.68. The quantitative estimate of drug-likeness (QED) is 0.566. The van der Waals surface area contributed by atoms with E-state index in [9.17, 15) is 9.90 Å². The van der Waals surface area contributed by atoms with Crippen LogP contribution >= 0.6 is 12.6 Å². The van der Waals surface area contributed by atoms with Gasteiger partial charge >= 0.3 is 0 Å². The van der Waals surface area contributed by atoms with Gasteiger partial charge in [0.25, 0.3) is 0 Å². The molecule has 0 spiro atoms. The average molecular weight is 133 g/mol. The second kappa shape index (κ2) is 4.93. The van der Waals surface area contributed by atoms with Crippen LogP contribution in [0.1, 0.15) is 0 Å². The van der Waals surface area contributed by atoms with Gasteiger partial charge in [-0.25, -0.2) is 5.11 Å². The first kappa shape index (κ1) is 7.78. The third kappa shape index (κ3) is 3.95. The van der Waals surface area contributed by atoms with Crippen LogP contribution in [0.4, 0.5) is 0 Å². The summed E-state index contributed by atoms with van der Waals surface area (Å²) in [5.41, 5.74) is 0. The maximum absolute atomic E-state index is 10.1. The Hall–Kier alpha value is -0.220. The summed E-state index contributed by atoms with van der Waals surface area (Å²) >= 11 is 4.50. The minimum absolute atomic E-state index is 0.427. The Morgan fingerprint density at radius 2 is 2.25 bits per heavy atom. The lowest BCUT2D eigenvalue weighted by molar-refractivity contribution is -0.125. The van der Waals surface area contributed by atoms with Gasteiger partial charge in [-0.05, 0) is 0 Å². The van der Waals surface area contributed by atoms with Crippen LogP contribution in [-0.4, -0.2) is 24.8 Å². The Labute approximate surface area is 53.5 Å². The molecule has 4 heteroatoms. The number of nitrogens with one attached hydrogen (secondary N) is 1. The molecule has 0 aromatic heterocycles. The van der Waals surface area contributed by atoms with Crippen LogP contribution in [0.25, 0.3) is 0 Å². The van der Waals surface area contributed by atoms with Crippen molar-refractivity contribution in [2.75, 3.05) is 18.9 Å². The Balaban J connectivity index is 2.99. The third-order valence-corrected chi connectivity index (χ3v) is 0.759. The molecule has 0 saturated carbocycles. The van der Waals surface area contributed by atoms with E-state index >= 15 is 0 Å². The van der Waals surface area contributed by atoms with Crippen LogP contribution in [-0.2, 0) is 9.90 Å². The van der Waals surface area contributed by atoms with Crippen LogP contribution in [0.15, 0.2) is 0 Å². The summed E-state index contributed by atoms with van der Waals surface area (Å²) in [7, 11) is 0. The lowest BCUT2D eigenvalue weighted by Crippen LogP contribution is -2.27. The topological polar surface area (TPSA) is 49.0 Å². The van der Waals surface area contributed by atoms with Crippen molar-refractivity contribution in [3.05, 3.63) is 0 Å². The van der Waals surface area contributed by atoms with Crippen molar-refractivity contribution in [3.8, 4) is 0 Å². The van der Waals surface area contributed by atoms with Crippen LogP contribution in [0.3, 0.4) is 0 Å². The van der Waals surface area contributed by atoms with Gasteiger partial charge in [-0.1, -0.05) is 12.6 Å². The van der Waals surface area contributed by atoms with Crippen molar-refractivity contribution in [1.82, 2.24) is 5.32 Å². The van der Waals surface area contributed by atoms with Gasteiger partial charge in [0, 0.05) is 12.3 Å². The number of carbonyl (C=O) groups is 1. The molecule has 0 aliphatic heterocycles. The van der Waals surface area contributed by atoms with E-state index < -0.39 is 12.5 Å². The Bertz CT molecular complexity index is 76.4. The molecule has 2 radical (unpaired) electrons. The number of carbonyl (C=O) groups excluding carboxylic acids is 1. The summed E-state index contributed by atoms with van der Waals surface area (Å²) < 4.78 is 0. The van der Waals surface area contributed by atoms with Gasteiger partial charge in [0.1, 0.15) is 0 Å². The molecular formula is C4H7NO2S. The summed E-state index contributed by atoms with van der Waals surface area (Å²) in [4.78, 5) is 10.1. The molecule has 0 fully saturated rings. The first-order valence-electron chi connectivity index (χ1n) is 2.24. The van der Waals surface area contributed by atoms with E-state index in [-0.39, 0.29) is 0 Å². The second-order valence-electron chi connectivity index (χ2n) is 1.20. The lowest BCUT2D eigenvalue weighted by Gasteiger charge is -1.94. The normalized spacial score (nSPS) is 8.75. The fraction of sp³-hybridized carbons (Fsp3) is 0.750. The smallest absolute Gasteiger partial charge is 0.249 e. The van der Waals surface area contributed by atoms with E-state index in [1.54, 1.807) is 0 Å². The minimum atomic E-state index is -0.699. The van der Waals surface area contributed by atoms with Crippen LogP contribution in [0, 0.1) is 0 Å². The zero-order valence-electron chi connectivity index (χ0n) is 4.35. The highest BCUT2D eigenvalue weighted by Gasteiger charge is 1.93. The van der Waals surface area contributed by atoms with E-state index in [2.05, 4.69) is 17.9 Å². The average Bonchev–Trinajstić information content (AvgIpc) is 1.83. The number of rotatable bonds is 3. The Morgan fingerprint density at radius 1 is 1.62 bits per heavy atom. The van der Waals surface area contributed by atoms with E-state index in [0.29, 0.717) is 12.3 Å². The summed E-state index contributed by atoms with van der Waals surface area (Å²) in [6.45, 7) is -0.272. The molecule has 3 nitrogen and oxygen atoms in total. The monoisotopic (exact) mass is 133 g/mol. The molecule has 0 aliphatic carbocycles. The Morgan fingerprint density at radius 3 is 2.62 bits per heavy atom. The van der Waals surface area contributed by atoms with Crippen molar-refractivity contribution < 1.29 is 9.90 Å². The van der Waals surface area contributed by atoms with Crippen LogP contribution < -0.4 is 5.32 Å². The molecule has 46 valence electrons. The van der Waals surface area contributed by atoms with Gasteiger partial charge in [-0.3, -0.25) is 4.79 Å². The standard InChI is InChI=1S/C4H7NO2S/c6-3-4(7)5-1-2-8/h1-3H2,(H,5,7). The number of hydrogen-bond acceptors (Lipinski definition) is 1. The summed E-state index contributed by atoms with van der Waals surface area (Å²) in [5.74, 6) is -0.0130. The zero-order chi connectivity index (χ0) is 6.41. The molecule has 0 atom stereocenters. The molecule has 8 heavy (non-hydrogen) atoms. The number of amides is 1. The third-order valence-electron chi connectivity index (χ3n) is 0.555.